The molecule has 4 rings (SSSR count). The van der Waals surface area contributed by atoms with Gasteiger partial charge in [0.15, 0.2) is 5.58 Å². The monoisotopic (exact) mass is 381 g/mol. The lowest BCUT2D eigenvalue weighted by Gasteiger charge is -2.04. The van der Waals surface area contributed by atoms with Gasteiger partial charge in [-0.25, -0.2) is 0 Å². The van der Waals surface area contributed by atoms with Crippen molar-refractivity contribution in [1.82, 2.24) is 10.2 Å². The number of furan rings is 1. The number of hydrogen-bond donors (Lipinski definition) is 2. The fraction of sp³-hybridized carbons (Fsp3) is 0.100. The molecule has 0 atom stereocenters. The van der Waals surface area contributed by atoms with E-state index in [1.807, 2.05) is 43.3 Å². The van der Waals surface area contributed by atoms with Gasteiger partial charge in [-0.3, -0.25) is 9.89 Å². The summed E-state index contributed by atoms with van der Waals surface area (Å²) in [5.74, 6) is 1.21. The van der Waals surface area contributed by atoms with Crippen LogP contribution >= 0.6 is 11.6 Å². The topological polar surface area (TPSA) is 80.1 Å². The SMILES string of the molecule is COc1ccc(-c2cc(C(=O)Nc3cc(Cl)c4oc(C)cc4c3)[nH]n2)cc1. The lowest BCUT2D eigenvalue weighted by atomic mass is 10.1. The molecule has 2 heterocycles. The number of nitrogens with zero attached hydrogens (tertiary/aromatic N) is 1. The van der Waals surface area contributed by atoms with Crippen molar-refractivity contribution in [3.05, 3.63) is 65.0 Å². The smallest absolute Gasteiger partial charge is 0.273 e. The van der Waals surface area contributed by atoms with Crippen LogP contribution in [0.4, 0.5) is 5.69 Å². The zero-order chi connectivity index (χ0) is 19.0. The number of methoxy groups -OCH3 is 1. The molecular weight excluding hydrogens is 366 g/mol. The van der Waals surface area contributed by atoms with Gasteiger partial charge in [-0.05, 0) is 55.5 Å². The van der Waals surface area contributed by atoms with Crippen LogP contribution in [0.5, 0.6) is 5.75 Å². The molecule has 0 bridgehead atoms. The molecule has 7 heteroatoms. The average molecular weight is 382 g/mol. The number of carbonyl (C=O) groups excluding carboxylic acids is 1. The van der Waals surface area contributed by atoms with E-state index in [-0.39, 0.29) is 5.91 Å². The summed E-state index contributed by atoms with van der Waals surface area (Å²) in [7, 11) is 1.61. The van der Waals surface area contributed by atoms with Gasteiger partial charge in [-0.15, -0.1) is 0 Å². The Morgan fingerprint density at radius 1 is 1.19 bits per heavy atom. The van der Waals surface area contributed by atoms with Crippen molar-refractivity contribution in [1.29, 1.82) is 0 Å². The summed E-state index contributed by atoms with van der Waals surface area (Å²) >= 11 is 6.24. The van der Waals surface area contributed by atoms with E-state index in [2.05, 4.69) is 15.5 Å². The molecule has 2 N–H and O–H groups in total. The van der Waals surface area contributed by atoms with E-state index >= 15 is 0 Å². The van der Waals surface area contributed by atoms with Crippen LogP contribution in [-0.4, -0.2) is 23.2 Å². The van der Waals surface area contributed by atoms with Crippen molar-refractivity contribution in [3.8, 4) is 17.0 Å². The third-order valence-corrected chi connectivity index (χ3v) is 4.44. The maximum absolute atomic E-state index is 12.5. The molecule has 0 saturated carbocycles. The van der Waals surface area contributed by atoms with Gasteiger partial charge in [0.05, 0.1) is 17.8 Å². The molecule has 4 aromatic rings. The van der Waals surface area contributed by atoms with Crippen molar-refractivity contribution in [2.75, 3.05) is 12.4 Å². The number of aromatic nitrogens is 2. The number of rotatable bonds is 4. The largest absolute Gasteiger partial charge is 0.497 e. The van der Waals surface area contributed by atoms with Crippen molar-refractivity contribution in [2.45, 2.75) is 6.92 Å². The highest BCUT2D eigenvalue weighted by molar-refractivity contribution is 6.35. The van der Waals surface area contributed by atoms with Gasteiger partial charge < -0.3 is 14.5 Å². The Morgan fingerprint density at radius 2 is 1.96 bits per heavy atom. The molecule has 0 radical (unpaired) electrons. The average Bonchev–Trinajstić information content (AvgIpc) is 3.28. The predicted octanol–water partition coefficient (Wildman–Crippen LogP) is 5.05. The highest BCUT2D eigenvalue weighted by Gasteiger charge is 2.14. The third-order valence-electron chi connectivity index (χ3n) is 4.16. The quantitative estimate of drug-likeness (QED) is 0.518. The molecule has 0 spiro atoms. The Kier molecular flexibility index (Phi) is 4.33. The summed E-state index contributed by atoms with van der Waals surface area (Å²) in [6, 6.07) is 14.5. The minimum absolute atomic E-state index is 0.308. The minimum Gasteiger partial charge on any atom is -0.497 e. The normalized spacial score (nSPS) is 10.9. The van der Waals surface area contributed by atoms with Gasteiger partial charge >= 0.3 is 0 Å². The number of fused-ring (bicyclic) bond motifs is 1. The third kappa shape index (κ3) is 3.39. The molecule has 27 heavy (non-hydrogen) atoms. The molecule has 2 aromatic heterocycles. The maximum atomic E-state index is 12.5. The standard InChI is InChI=1S/C20H16ClN3O3/c1-11-7-13-8-14(9-16(21)19(13)27-11)22-20(25)18-10-17(23-24-18)12-3-5-15(26-2)6-4-12/h3-10H,1-2H3,(H,22,25)(H,23,24). The second-order valence-corrected chi connectivity index (χ2v) is 6.49. The highest BCUT2D eigenvalue weighted by atomic mass is 35.5. The van der Waals surface area contributed by atoms with E-state index in [9.17, 15) is 4.79 Å². The Labute approximate surface area is 160 Å². The van der Waals surface area contributed by atoms with E-state index in [4.69, 9.17) is 20.8 Å². The van der Waals surface area contributed by atoms with E-state index in [1.165, 1.54) is 0 Å². The Balaban J connectivity index is 1.56. The molecular formula is C20H16ClN3O3. The lowest BCUT2D eigenvalue weighted by molar-refractivity contribution is 0.102. The molecule has 0 aliphatic heterocycles. The fourth-order valence-corrected chi connectivity index (χ4v) is 3.12. The first-order valence-corrected chi connectivity index (χ1v) is 8.62. The first-order chi connectivity index (χ1) is 13.0. The second-order valence-electron chi connectivity index (χ2n) is 6.08. The van der Waals surface area contributed by atoms with Crippen molar-refractivity contribution >= 4 is 34.2 Å². The number of aryl methyl sites for hydroxylation is 1. The number of hydrogen-bond acceptors (Lipinski definition) is 4. The number of nitrogens with one attached hydrogen (secondary N) is 2. The molecule has 6 nitrogen and oxygen atoms in total. The Bertz CT molecular complexity index is 1130. The van der Waals surface area contributed by atoms with Gasteiger partial charge in [0.25, 0.3) is 5.91 Å². The molecule has 2 aromatic carbocycles. The number of benzene rings is 2. The number of carbonyl (C=O) groups is 1. The van der Waals surface area contributed by atoms with Gasteiger partial charge in [0, 0.05) is 16.6 Å². The van der Waals surface area contributed by atoms with Crippen LogP contribution in [0.15, 0.2) is 52.9 Å². The fourth-order valence-electron chi connectivity index (χ4n) is 2.86. The summed E-state index contributed by atoms with van der Waals surface area (Å²) in [6.07, 6.45) is 0. The van der Waals surface area contributed by atoms with Crippen LogP contribution in [0.3, 0.4) is 0 Å². The van der Waals surface area contributed by atoms with Crippen molar-refractivity contribution in [3.63, 3.8) is 0 Å². The first-order valence-electron chi connectivity index (χ1n) is 8.24. The number of H-pyrrole nitrogens is 1. The minimum atomic E-state index is -0.308. The van der Waals surface area contributed by atoms with Gasteiger partial charge in [-0.2, -0.15) is 5.10 Å². The molecule has 0 fully saturated rings. The van der Waals surface area contributed by atoms with Crippen molar-refractivity contribution < 1.29 is 13.9 Å². The second kappa shape index (κ2) is 6.81. The van der Waals surface area contributed by atoms with Crippen LogP contribution in [0, 0.1) is 6.92 Å². The number of anilines is 1. The van der Waals surface area contributed by atoms with Gasteiger partial charge in [0.2, 0.25) is 0 Å². The lowest BCUT2D eigenvalue weighted by Crippen LogP contribution is -2.12. The Hall–Kier alpha value is -3.25. The van der Waals surface area contributed by atoms with Crippen LogP contribution in [0.2, 0.25) is 5.02 Å². The van der Waals surface area contributed by atoms with Crippen LogP contribution < -0.4 is 10.1 Å². The van der Waals surface area contributed by atoms with Gasteiger partial charge in [-0.1, -0.05) is 11.6 Å². The zero-order valence-electron chi connectivity index (χ0n) is 14.7. The van der Waals surface area contributed by atoms with Crippen LogP contribution in [0.1, 0.15) is 16.2 Å². The van der Waals surface area contributed by atoms with Crippen molar-refractivity contribution in [2.24, 2.45) is 0 Å². The van der Waals surface area contributed by atoms with E-state index in [1.54, 1.807) is 19.2 Å². The van der Waals surface area contributed by atoms with Crippen LogP contribution in [-0.2, 0) is 0 Å². The molecule has 1 amide bonds. The predicted molar refractivity (Wildman–Crippen MR) is 104 cm³/mol. The molecule has 0 saturated heterocycles. The first kappa shape index (κ1) is 17.2. The zero-order valence-corrected chi connectivity index (χ0v) is 15.4. The summed E-state index contributed by atoms with van der Waals surface area (Å²) in [6.45, 7) is 1.85. The van der Waals surface area contributed by atoms with Gasteiger partial charge in [0.1, 0.15) is 17.2 Å². The summed E-state index contributed by atoms with van der Waals surface area (Å²) < 4.78 is 10.7. The Morgan fingerprint density at radius 3 is 2.70 bits per heavy atom. The molecule has 0 aliphatic rings. The summed E-state index contributed by atoms with van der Waals surface area (Å²) in [5.41, 5.74) is 3.08. The maximum Gasteiger partial charge on any atom is 0.273 e. The summed E-state index contributed by atoms with van der Waals surface area (Å²) in [5, 5.41) is 11.1. The number of halogens is 1. The van der Waals surface area contributed by atoms with Crippen LogP contribution in [0.25, 0.3) is 22.2 Å². The van der Waals surface area contributed by atoms with E-state index in [0.29, 0.717) is 27.7 Å². The number of ether oxygens (including phenoxy) is 1. The number of aromatic amines is 1. The molecule has 136 valence electrons. The summed E-state index contributed by atoms with van der Waals surface area (Å²) in [4.78, 5) is 12.5. The van der Waals surface area contributed by atoms with E-state index in [0.717, 1.165) is 22.5 Å². The number of amides is 1. The van der Waals surface area contributed by atoms with E-state index < -0.39 is 0 Å². The molecule has 0 unspecified atom stereocenters. The highest BCUT2D eigenvalue weighted by Crippen LogP contribution is 2.30. The molecule has 0 aliphatic carbocycles.